The largest absolute Gasteiger partial charge is 0.462 e. The van der Waals surface area contributed by atoms with E-state index < -0.39 is 6.10 Å². The maximum absolute atomic E-state index is 12.8. The molecule has 0 fully saturated rings. The van der Waals surface area contributed by atoms with Gasteiger partial charge in [0.15, 0.2) is 6.10 Å². The van der Waals surface area contributed by atoms with E-state index in [0.717, 1.165) is 103 Å². The smallest absolute Gasteiger partial charge is 0.306 e. The Balaban J connectivity index is 4.54. The molecule has 0 rings (SSSR count). The summed E-state index contributed by atoms with van der Waals surface area (Å²) in [6, 6.07) is 0. The van der Waals surface area contributed by atoms with Crippen molar-refractivity contribution in [3.63, 3.8) is 0 Å². The van der Waals surface area contributed by atoms with Gasteiger partial charge in [0.2, 0.25) is 0 Å². The molecule has 0 saturated heterocycles. The highest BCUT2D eigenvalue weighted by atomic mass is 16.6. The van der Waals surface area contributed by atoms with Crippen molar-refractivity contribution in [2.24, 2.45) is 0 Å². The lowest BCUT2D eigenvalue weighted by atomic mass is 10.1. The van der Waals surface area contributed by atoms with Gasteiger partial charge in [0.1, 0.15) is 13.2 Å². The predicted octanol–water partition coefficient (Wildman–Crippen LogP) is 16.5. The molecular formula is C57H90O6. The topological polar surface area (TPSA) is 78.9 Å². The van der Waals surface area contributed by atoms with Crippen LogP contribution < -0.4 is 0 Å². The quantitative estimate of drug-likeness (QED) is 0.0200. The van der Waals surface area contributed by atoms with Crippen LogP contribution in [-0.4, -0.2) is 37.2 Å². The summed E-state index contributed by atoms with van der Waals surface area (Å²) < 4.78 is 16.7. The number of carbonyl (C=O) groups excluding carboxylic acids is 3. The SMILES string of the molecule is CC/C=C/C=C/C=C/C=C/C=C/CCCC(=O)OCC(COC(=O)CCCCCCC/C=C/C=C/CCCCCCCCC)OC(=O)CCCCCC/C=C/C/C=C/C/C=C/CC. The van der Waals surface area contributed by atoms with Gasteiger partial charge < -0.3 is 14.2 Å². The van der Waals surface area contributed by atoms with Crippen molar-refractivity contribution in [3.05, 3.63) is 122 Å². The third-order valence-electron chi connectivity index (χ3n) is 10.1. The zero-order valence-electron chi connectivity index (χ0n) is 40.3. The van der Waals surface area contributed by atoms with Gasteiger partial charge in [-0.05, 0) is 89.9 Å². The molecule has 0 aliphatic heterocycles. The van der Waals surface area contributed by atoms with Crippen molar-refractivity contribution >= 4 is 17.9 Å². The maximum atomic E-state index is 12.8. The lowest BCUT2D eigenvalue weighted by Crippen LogP contribution is -2.30. The fourth-order valence-electron chi connectivity index (χ4n) is 6.36. The van der Waals surface area contributed by atoms with Gasteiger partial charge in [-0.25, -0.2) is 0 Å². The highest BCUT2D eigenvalue weighted by Crippen LogP contribution is 2.12. The fourth-order valence-corrected chi connectivity index (χ4v) is 6.36. The van der Waals surface area contributed by atoms with Crippen molar-refractivity contribution in [2.45, 2.75) is 207 Å². The molecule has 1 unspecified atom stereocenters. The Morgan fingerprint density at radius 1 is 0.349 bits per heavy atom. The second-order valence-corrected chi connectivity index (χ2v) is 16.1. The molecule has 1 atom stereocenters. The zero-order chi connectivity index (χ0) is 45.8. The first kappa shape index (κ1) is 58.8. The normalized spacial score (nSPS) is 13.1. The number of rotatable bonds is 43. The monoisotopic (exact) mass is 871 g/mol. The highest BCUT2D eigenvalue weighted by Gasteiger charge is 2.19. The van der Waals surface area contributed by atoms with E-state index in [1.807, 2.05) is 54.7 Å². The number of hydrogen-bond donors (Lipinski definition) is 0. The van der Waals surface area contributed by atoms with Gasteiger partial charge in [0, 0.05) is 19.3 Å². The van der Waals surface area contributed by atoms with Gasteiger partial charge in [0.25, 0.3) is 0 Å². The third-order valence-corrected chi connectivity index (χ3v) is 10.1. The number of carbonyl (C=O) groups is 3. The molecule has 0 radical (unpaired) electrons. The number of esters is 3. The number of ether oxygens (including phenoxy) is 3. The van der Waals surface area contributed by atoms with E-state index in [1.54, 1.807) is 0 Å². The molecule has 0 saturated carbocycles. The van der Waals surface area contributed by atoms with Gasteiger partial charge in [-0.15, -0.1) is 0 Å². The summed E-state index contributed by atoms with van der Waals surface area (Å²) >= 11 is 0. The predicted molar refractivity (Wildman–Crippen MR) is 269 cm³/mol. The second-order valence-electron chi connectivity index (χ2n) is 16.1. The minimum absolute atomic E-state index is 0.122. The van der Waals surface area contributed by atoms with Crippen molar-refractivity contribution in [3.8, 4) is 0 Å². The summed E-state index contributed by atoms with van der Waals surface area (Å²) in [6.45, 7) is 6.26. The summed E-state index contributed by atoms with van der Waals surface area (Å²) in [7, 11) is 0. The molecule has 0 aliphatic carbocycles. The molecule has 0 aromatic carbocycles. The van der Waals surface area contributed by atoms with E-state index in [2.05, 4.69) is 87.6 Å². The third kappa shape index (κ3) is 48.7. The van der Waals surface area contributed by atoms with Crippen LogP contribution in [-0.2, 0) is 28.6 Å². The molecule has 0 aromatic heterocycles. The Hall–Kier alpha value is -4.19. The molecule has 0 heterocycles. The molecule has 0 bridgehead atoms. The average molecular weight is 871 g/mol. The van der Waals surface area contributed by atoms with Crippen LogP contribution >= 0.6 is 0 Å². The standard InChI is InChI=1S/C57H90O6/c1-4-7-10-13-16-19-22-25-27-28-29-30-33-35-38-41-44-47-50-56(59)62-53-54(52-61-55(58)49-46-43-40-37-34-31-24-21-18-15-12-9-6-3)63-57(60)51-48-45-42-39-36-32-26-23-20-17-14-11-8-5-2/h8-9,11-12,15,17-18,20-21,24,26-32,34,37,40,54H,4-7,10,13-14,16,19,22-23,25,33,35-36,38-39,41-53H2,1-3H3/b11-8+,12-9+,18-15+,20-17+,24-21+,28-27+,30-29+,32-26+,34-31+,40-37+. The summed E-state index contributed by atoms with van der Waals surface area (Å²) in [5, 5.41) is 0. The molecule has 6 heteroatoms. The van der Waals surface area contributed by atoms with Crippen LogP contribution in [0.2, 0.25) is 0 Å². The van der Waals surface area contributed by atoms with E-state index in [-0.39, 0.29) is 44.0 Å². The molecule has 0 N–H and O–H groups in total. The molecule has 63 heavy (non-hydrogen) atoms. The summed E-state index contributed by atoms with van der Waals surface area (Å²) in [6.07, 6.45) is 69.1. The Labute approximate surface area is 386 Å². The Bertz CT molecular complexity index is 1370. The Morgan fingerprint density at radius 2 is 0.714 bits per heavy atom. The Kier molecular flexibility index (Phi) is 47.1. The van der Waals surface area contributed by atoms with Crippen LogP contribution in [0.1, 0.15) is 201 Å². The van der Waals surface area contributed by atoms with Gasteiger partial charge >= 0.3 is 17.9 Å². The number of unbranched alkanes of at least 4 members (excludes halogenated alkanes) is 17. The van der Waals surface area contributed by atoms with E-state index >= 15 is 0 Å². The van der Waals surface area contributed by atoms with Gasteiger partial charge in [0.05, 0.1) is 0 Å². The van der Waals surface area contributed by atoms with Crippen LogP contribution in [0.4, 0.5) is 0 Å². The lowest BCUT2D eigenvalue weighted by Gasteiger charge is -2.18. The molecule has 354 valence electrons. The first-order chi connectivity index (χ1) is 31.0. The summed E-state index contributed by atoms with van der Waals surface area (Å²) in [5.74, 6) is -1.04. The van der Waals surface area contributed by atoms with Gasteiger partial charge in [-0.1, -0.05) is 213 Å². The minimum atomic E-state index is -0.828. The van der Waals surface area contributed by atoms with Crippen LogP contribution in [0.15, 0.2) is 122 Å². The molecule has 0 aromatic rings. The minimum Gasteiger partial charge on any atom is -0.462 e. The van der Waals surface area contributed by atoms with Crippen LogP contribution in [0.25, 0.3) is 0 Å². The molecule has 0 spiro atoms. The van der Waals surface area contributed by atoms with Crippen LogP contribution in [0.5, 0.6) is 0 Å². The van der Waals surface area contributed by atoms with Crippen LogP contribution in [0.3, 0.4) is 0 Å². The van der Waals surface area contributed by atoms with E-state index in [0.29, 0.717) is 12.8 Å². The molecule has 6 nitrogen and oxygen atoms in total. The zero-order valence-corrected chi connectivity index (χ0v) is 40.3. The van der Waals surface area contributed by atoms with Crippen LogP contribution in [0, 0.1) is 0 Å². The average Bonchev–Trinajstić information content (AvgIpc) is 3.28. The Morgan fingerprint density at radius 3 is 1.24 bits per heavy atom. The van der Waals surface area contributed by atoms with Gasteiger partial charge in [-0.2, -0.15) is 0 Å². The number of allylic oxidation sites excluding steroid dienone is 20. The van der Waals surface area contributed by atoms with E-state index in [9.17, 15) is 14.4 Å². The lowest BCUT2D eigenvalue weighted by molar-refractivity contribution is -0.167. The fraction of sp³-hybridized carbons (Fsp3) is 0.596. The summed E-state index contributed by atoms with van der Waals surface area (Å²) in [5.41, 5.74) is 0. The second kappa shape index (κ2) is 50.5. The van der Waals surface area contributed by atoms with Crippen molar-refractivity contribution in [2.75, 3.05) is 13.2 Å². The molecular weight excluding hydrogens is 781 g/mol. The first-order valence-corrected chi connectivity index (χ1v) is 25.1. The maximum Gasteiger partial charge on any atom is 0.306 e. The van der Waals surface area contributed by atoms with Gasteiger partial charge in [-0.3, -0.25) is 14.4 Å². The number of hydrogen-bond acceptors (Lipinski definition) is 6. The van der Waals surface area contributed by atoms with E-state index in [1.165, 1.54) is 51.4 Å². The van der Waals surface area contributed by atoms with Crippen molar-refractivity contribution in [1.82, 2.24) is 0 Å². The molecule has 0 amide bonds. The van der Waals surface area contributed by atoms with Crippen molar-refractivity contribution < 1.29 is 28.6 Å². The molecule has 0 aliphatic rings. The highest BCUT2D eigenvalue weighted by molar-refractivity contribution is 5.71. The summed E-state index contributed by atoms with van der Waals surface area (Å²) in [4.78, 5) is 37.9. The van der Waals surface area contributed by atoms with Crippen molar-refractivity contribution in [1.29, 1.82) is 0 Å². The first-order valence-electron chi connectivity index (χ1n) is 25.1. The van der Waals surface area contributed by atoms with E-state index in [4.69, 9.17) is 14.2 Å².